The zero-order valence-corrected chi connectivity index (χ0v) is 25.8. The van der Waals surface area contributed by atoms with Crippen molar-refractivity contribution >= 4 is 17.1 Å². The van der Waals surface area contributed by atoms with Crippen LogP contribution in [0.5, 0.6) is 0 Å². The molecule has 0 saturated heterocycles. The third-order valence-corrected chi connectivity index (χ3v) is 9.14. The highest BCUT2D eigenvalue weighted by Gasteiger charge is 2.27. The Hall–Kier alpha value is -5.70. The SMILES string of the molecule is CNC1c2ccccc2-c2cc(-c3ccc(-c4ccc(N(c5ccccc5)c5ccc(-c6ccccc6)cc5)cc4)cc3)ccc21. The molecule has 0 fully saturated rings. The Balaban J connectivity index is 1.07. The molecule has 7 aromatic rings. The molecule has 2 heteroatoms. The molecular formula is C44H34N2. The van der Waals surface area contributed by atoms with Gasteiger partial charge in [-0.1, -0.05) is 133 Å². The van der Waals surface area contributed by atoms with E-state index in [0.29, 0.717) is 0 Å². The normalized spacial score (nSPS) is 13.2. The van der Waals surface area contributed by atoms with E-state index in [0.717, 1.165) is 17.1 Å². The molecule has 1 aliphatic rings. The molecule has 1 unspecified atom stereocenters. The Kier molecular flexibility index (Phi) is 7.26. The second-order valence-electron chi connectivity index (χ2n) is 11.8. The highest BCUT2D eigenvalue weighted by atomic mass is 15.1. The summed E-state index contributed by atoms with van der Waals surface area (Å²) in [4.78, 5) is 2.31. The van der Waals surface area contributed by atoms with Crippen LogP contribution in [0.1, 0.15) is 17.2 Å². The summed E-state index contributed by atoms with van der Waals surface area (Å²) < 4.78 is 0. The monoisotopic (exact) mass is 590 g/mol. The minimum atomic E-state index is 0.247. The molecule has 1 atom stereocenters. The second kappa shape index (κ2) is 12.0. The van der Waals surface area contributed by atoms with Gasteiger partial charge in [0, 0.05) is 17.1 Å². The molecule has 1 N–H and O–H groups in total. The molecule has 0 aromatic heterocycles. The zero-order chi connectivity index (χ0) is 30.9. The van der Waals surface area contributed by atoms with E-state index in [2.05, 4.69) is 186 Å². The summed E-state index contributed by atoms with van der Waals surface area (Å²) in [5.41, 5.74) is 16.0. The summed E-state index contributed by atoms with van der Waals surface area (Å²) >= 11 is 0. The first-order valence-electron chi connectivity index (χ1n) is 15.9. The molecule has 1 aliphatic carbocycles. The maximum atomic E-state index is 3.50. The van der Waals surface area contributed by atoms with E-state index in [1.807, 2.05) is 7.05 Å². The van der Waals surface area contributed by atoms with Crippen molar-refractivity contribution in [3.8, 4) is 44.5 Å². The summed E-state index contributed by atoms with van der Waals surface area (Å²) in [7, 11) is 2.04. The van der Waals surface area contributed by atoms with E-state index in [1.165, 1.54) is 55.6 Å². The van der Waals surface area contributed by atoms with E-state index < -0.39 is 0 Å². The smallest absolute Gasteiger partial charge is 0.0586 e. The van der Waals surface area contributed by atoms with Crippen LogP contribution in [-0.2, 0) is 0 Å². The van der Waals surface area contributed by atoms with Crippen LogP contribution in [0.15, 0.2) is 176 Å². The summed E-state index contributed by atoms with van der Waals surface area (Å²) in [6.07, 6.45) is 0. The maximum Gasteiger partial charge on any atom is 0.0586 e. The fraction of sp³-hybridized carbons (Fsp3) is 0.0455. The van der Waals surface area contributed by atoms with Crippen LogP contribution in [-0.4, -0.2) is 7.05 Å². The molecule has 0 bridgehead atoms. The molecular weight excluding hydrogens is 556 g/mol. The number of benzene rings is 7. The largest absolute Gasteiger partial charge is 0.311 e. The second-order valence-corrected chi connectivity index (χ2v) is 11.8. The van der Waals surface area contributed by atoms with Gasteiger partial charge in [-0.2, -0.15) is 0 Å². The topological polar surface area (TPSA) is 15.3 Å². The molecule has 0 aliphatic heterocycles. The molecule has 0 heterocycles. The van der Waals surface area contributed by atoms with E-state index >= 15 is 0 Å². The van der Waals surface area contributed by atoms with Crippen LogP contribution in [0.25, 0.3) is 44.5 Å². The first kappa shape index (κ1) is 27.8. The van der Waals surface area contributed by atoms with Crippen LogP contribution in [0.2, 0.25) is 0 Å². The molecule has 220 valence electrons. The van der Waals surface area contributed by atoms with Crippen molar-refractivity contribution < 1.29 is 0 Å². The van der Waals surface area contributed by atoms with Crippen molar-refractivity contribution in [3.63, 3.8) is 0 Å². The Labute approximate surface area is 271 Å². The van der Waals surface area contributed by atoms with Gasteiger partial charge in [0.1, 0.15) is 0 Å². The lowest BCUT2D eigenvalue weighted by molar-refractivity contribution is 0.708. The van der Waals surface area contributed by atoms with E-state index in [-0.39, 0.29) is 6.04 Å². The molecule has 7 aromatic carbocycles. The van der Waals surface area contributed by atoms with Crippen LogP contribution in [0, 0.1) is 0 Å². The average Bonchev–Trinajstić information content (AvgIpc) is 3.46. The minimum absolute atomic E-state index is 0.247. The molecule has 0 radical (unpaired) electrons. The van der Waals surface area contributed by atoms with Gasteiger partial charge in [-0.15, -0.1) is 0 Å². The first-order valence-corrected chi connectivity index (χ1v) is 15.9. The number of para-hydroxylation sites is 1. The van der Waals surface area contributed by atoms with Gasteiger partial charge in [0.05, 0.1) is 6.04 Å². The van der Waals surface area contributed by atoms with Crippen molar-refractivity contribution in [1.29, 1.82) is 0 Å². The predicted octanol–water partition coefficient (Wildman–Crippen LogP) is 11.4. The quantitative estimate of drug-likeness (QED) is 0.199. The lowest BCUT2D eigenvalue weighted by atomic mass is 9.96. The number of nitrogens with one attached hydrogen (secondary N) is 1. The lowest BCUT2D eigenvalue weighted by Gasteiger charge is -2.26. The van der Waals surface area contributed by atoms with Crippen LogP contribution in [0.4, 0.5) is 17.1 Å². The summed E-state index contributed by atoms with van der Waals surface area (Å²) in [6.45, 7) is 0. The van der Waals surface area contributed by atoms with Crippen LogP contribution in [0.3, 0.4) is 0 Å². The molecule has 0 amide bonds. The van der Waals surface area contributed by atoms with Gasteiger partial charge in [0.15, 0.2) is 0 Å². The summed E-state index contributed by atoms with van der Waals surface area (Å²) in [6, 6.07) is 63.6. The third kappa shape index (κ3) is 5.09. The van der Waals surface area contributed by atoms with Crippen molar-refractivity contribution in [3.05, 3.63) is 187 Å². The van der Waals surface area contributed by atoms with Gasteiger partial charge in [0.2, 0.25) is 0 Å². The fourth-order valence-corrected chi connectivity index (χ4v) is 6.81. The Morgan fingerprint density at radius 1 is 0.370 bits per heavy atom. The van der Waals surface area contributed by atoms with Gasteiger partial charge in [0.25, 0.3) is 0 Å². The van der Waals surface area contributed by atoms with E-state index in [4.69, 9.17) is 0 Å². The standard InChI is InChI=1S/C44H34N2/c1-45-44-41-15-9-8-14-40(41)43-30-36(24-29-42(43)44)35-18-16-32(17-19-35)34-22-27-39(28-23-34)46(37-12-6-3-7-13-37)38-25-20-33(21-26-38)31-10-4-2-5-11-31/h2-30,44-45H,1H3. The first-order chi connectivity index (χ1) is 22.8. The van der Waals surface area contributed by atoms with E-state index in [9.17, 15) is 0 Å². The molecule has 0 spiro atoms. The number of hydrogen-bond acceptors (Lipinski definition) is 2. The summed E-state index contributed by atoms with van der Waals surface area (Å²) in [5.74, 6) is 0. The van der Waals surface area contributed by atoms with Crippen molar-refractivity contribution in [2.75, 3.05) is 11.9 Å². The Morgan fingerprint density at radius 3 is 1.37 bits per heavy atom. The molecule has 8 rings (SSSR count). The number of hydrogen-bond donors (Lipinski definition) is 1. The maximum absolute atomic E-state index is 3.50. The van der Waals surface area contributed by atoms with Gasteiger partial charge in [-0.05, 0) is 105 Å². The van der Waals surface area contributed by atoms with E-state index in [1.54, 1.807) is 0 Å². The lowest BCUT2D eigenvalue weighted by Crippen LogP contribution is -2.14. The zero-order valence-electron chi connectivity index (χ0n) is 25.8. The van der Waals surface area contributed by atoms with Crippen molar-refractivity contribution in [2.24, 2.45) is 0 Å². The van der Waals surface area contributed by atoms with Gasteiger partial charge in [-0.3, -0.25) is 0 Å². The number of fused-ring (bicyclic) bond motifs is 3. The molecule has 2 nitrogen and oxygen atoms in total. The van der Waals surface area contributed by atoms with Crippen LogP contribution >= 0.6 is 0 Å². The highest BCUT2D eigenvalue weighted by Crippen LogP contribution is 2.45. The Morgan fingerprint density at radius 2 is 0.783 bits per heavy atom. The molecule has 46 heavy (non-hydrogen) atoms. The summed E-state index contributed by atoms with van der Waals surface area (Å²) in [5, 5.41) is 3.50. The Bertz CT molecular complexity index is 2100. The van der Waals surface area contributed by atoms with Gasteiger partial charge < -0.3 is 10.2 Å². The van der Waals surface area contributed by atoms with Crippen LogP contribution < -0.4 is 10.2 Å². The third-order valence-electron chi connectivity index (χ3n) is 9.14. The molecule has 0 saturated carbocycles. The van der Waals surface area contributed by atoms with Crippen molar-refractivity contribution in [2.45, 2.75) is 6.04 Å². The fourth-order valence-electron chi connectivity index (χ4n) is 6.81. The van der Waals surface area contributed by atoms with Gasteiger partial charge in [-0.25, -0.2) is 0 Å². The number of nitrogens with zero attached hydrogens (tertiary/aromatic N) is 1. The minimum Gasteiger partial charge on any atom is -0.311 e. The average molecular weight is 591 g/mol. The van der Waals surface area contributed by atoms with Crippen molar-refractivity contribution in [1.82, 2.24) is 5.32 Å². The van der Waals surface area contributed by atoms with Gasteiger partial charge >= 0.3 is 0 Å². The predicted molar refractivity (Wildman–Crippen MR) is 194 cm³/mol. The highest BCUT2D eigenvalue weighted by molar-refractivity contribution is 5.84. The number of anilines is 3. The number of rotatable bonds is 7.